The van der Waals surface area contributed by atoms with E-state index in [4.69, 9.17) is 4.74 Å². The van der Waals surface area contributed by atoms with Gasteiger partial charge in [0.05, 0.1) is 13.2 Å². The van der Waals surface area contributed by atoms with Gasteiger partial charge in [0.15, 0.2) is 11.6 Å². The van der Waals surface area contributed by atoms with Crippen LogP contribution in [0.25, 0.3) is 0 Å². The fourth-order valence-corrected chi connectivity index (χ4v) is 3.61. The van der Waals surface area contributed by atoms with Crippen LogP contribution < -0.4 is 10.1 Å². The number of ether oxygens (including phenoxy) is 1. The summed E-state index contributed by atoms with van der Waals surface area (Å²) < 4.78 is 19.3. The second-order valence-corrected chi connectivity index (χ2v) is 6.49. The molecule has 24 heavy (non-hydrogen) atoms. The maximum atomic E-state index is 14.0. The number of amides is 1. The van der Waals surface area contributed by atoms with E-state index in [2.05, 4.69) is 10.2 Å². The van der Waals surface area contributed by atoms with Gasteiger partial charge in [-0.3, -0.25) is 9.69 Å². The quantitative estimate of drug-likeness (QED) is 0.888. The molecule has 1 N–H and O–H groups in total. The van der Waals surface area contributed by atoms with Crippen molar-refractivity contribution in [3.63, 3.8) is 0 Å². The number of likely N-dealkylation sites (tertiary alicyclic amines) is 1. The van der Waals surface area contributed by atoms with E-state index in [1.807, 2.05) is 17.9 Å². The van der Waals surface area contributed by atoms with Crippen LogP contribution in [0.15, 0.2) is 18.2 Å². The zero-order valence-corrected chi connectivity index (χ0v) is 14.3. The molecule has 132 valence electrons. The van der Waals surface area contributed by atoms with Crippen LogP contribution in [-0.2, 0) is 11.3 Å². The third-order valence-electron chi connectivity index (χ3n) is 4.75. The average molecular weight is 335 g/mol. The fourth-order valence-electron chi connectivity index (χ4n) is 3.61. The lowest BCUT2D eigenvalue weighted by atomic mass is 10.0. The van der Waals surface area contributed by atoms with Gasteiger partial charge in [-0.25, -0.2) is 4.39 Å². The zero-order chi connectivity index (χ0) is 16.9. The number of carbonyl (C=O) groups excluding carboxylic acids is 1. The van der Waals surface area contributed by atoms with Crippen molar-refractivity contribution in [2.45, 2.75) is 32.4 Å². The van der Waals surface area contributed by atoms with Crippen molar-refractivity contribution in [3.8, 4) is 5.75 Å². The molecular weight excluding hydrogens is 309 g/mol. The van der Waals surface area contributed by atoms with Crippen molar-refractivity contribution in [2.75, 3.05) is 39.3 Å². The summed E-state index contributed by atoms with van der Waals surface area (Å²) in [6.07, 6.45) is 2.13. The highest BCUT2D eigenvalue weighted by atomic mass is 19.1. The van der Waals surface area contributed by atoms with Gasteiger partial charge in [0.1, 0.15) is 0 Å². The van der Waals surface area contributed by atoms with Gasteiger partial charge in [-0.15, -0.1) is 0 Å². The number of piperidine rings is 1. The first kappa shape index (κ1) is 17.2. The smallest absolute Gasteiger partial charge is 0.236 e. The SMILES string of the molecule is CCOc1ccc(CN2CCCC(N3CCNCC3=O)C2)cc1F. The molecular formula is C18H26FN3O2. The van der Waals surface area contributed by atoms with Gasteiger partial charge < -0.3 is 15.0 Å². The van der Waals surface area contributed by atoms with Crippen molar-refractivity contribution < 1.29 is 13.9 Å². The zero-order valence-electron chi connectivity index (χ0n) is 14.3. The predicted octanol–water partition coefficient (Wildman–Crippen LogP) is 1.62. The van der Waals surface area contributed by atoms with Gasteiger partial charge in [-0.2, -0.15) is 0 Å². The van der Waals surface area contributed by atoms with Gasteiger partial charge in [0.2, 0.25) is 5.91 Å². The maximum Gasteiger partial charge on any atom is 0.236 e. The Morgan fingerprint density at radius 2 is 2.25 bits per heavy atom. The molecule has 3 rings (SSSR count). The molecule has 1 amide bonds. The molecule has 0 saturated carbocycles. The molecule has 2 aliphatic heterocycles. The summed E-state index contributed by atoms with van der Waals surface area (Å²) >= 11 is 0. The van der Waals surface area contributed by atoms with Gasteiger partial charge in [0, 0.05) is 32.2 Å². The Balaban J connectivity index is 1.61. The molecule has 1 aromatic carbocycles. The van der Waals surface area contributed by atoms with Crippen LogP contribution in [0, 0.1) is 5.82 Å². The molecule has 1 atom stereocenters. The number of rotatable bonds is 5. The molecule has 0 bridgehead atoms. The van der Waals surface area contributed by atoms with Crippen LogP contribution in [0.3, 0.4) is 0 Å². The Morgan fingerprint density at radius 1 is 1.38 bits per heavy atom. The number of hydrogen-bond donors (Lipinski definition) is 1. The molecule has 0 aliphatic carbocycles. The number of benzene rings is 1. The molecule has 1 aromatic rings. The van der Waals surface area contributed by atoms with E-state index in [0.717, 1.165) is 44.6 Å². The van der Waals surface area contributed by atoms with Crippen molar-refractivity contribution in [3.05, 3.63) is 29.6 Å². The van der Waals surface area contributed by atoms with Gasteiger partial charge in [-0.05, 0) is 44.0 Å². The number of piperazine rings is 1. The van der Waals surface area contributed by atoms with Crippen LogP contribution in [0.2, 0.25) is 0 Å². The molecule has 0 spiro atoms. The van der Waals surface area contributed by atoms with Crippen molar-refractivity contribution >= 4 is 5.91 Å². The monoisotopic (exact) mass is 335 g/mol. The Bertz CT molecular complexity index is 581. The lowest BCUT2D eigenvalue weighted by molar-refractivity contribution is -0.135. The topological polar surface area (TPSA) is 44.8 Å². The number of carbonyl (C=O) groups is 1. The summed E-state index contributed by atoms with van der Waals surface area (Å²) in [4.78, 5) is 16.4. The van der Waals surface area contributed by atoms with Crippen molar-refractivity contribution in [1.29, 1.82) is 0 Å². The van der Waals surface area contributed by atoms with E-state index in [0.29, 0.717) is 25.4 Å². The molecule has 2 aliphatic rings. The van der Waals surface area contributed by atoms with E-state index in [1.54, 1.807) is 12.1 Å². The van der Waals surface area contributed by atoms with E-state index < -0.39 is 0 Å². The minimum absolute atomic E-state index is 0.195. The van der Waals surface area contributed by atoms with Crippen LogP contribution >= 0.6 is 0 Å². The van der Waals surface area contributed by atoms with Crippen LogP contribution in [0.4, 0.5) is 4.39 Å². The highest BCUT2D eigenvalue weighted by molar-refractivity contribution is 5.79. The standard InChI is InChI=1S/C18H26FN3O2/c1-2-24-17-6-5-14(10-16(17)19)12-21-8-3-4-15(13-21)22-9-7-20-11-18(22)23/h5-6,10,15,20H,2-4,7-9,11-13H2,1H3. The Morgan fingerprint density at radius 3 is 3.00 bits per heavy atom. The summed E-state index contributed by atoms with van der Waals surface area (Å²) in [5.74, 6) is 0.199. The summed E-state index contributed by atoms with van der Waals surface area (Å²) in [5, 5.41) is 3.12. The summed E-state index contributed by atoms with van der Waals surface area (Å²) in [7, 11) is 0. The first-order valence-electron chi connectivity index (χ1n) is 8.81. The minimum atomic E-state index is -0.305. The number of nitrogens with zero attached hydrogens (tertiary/aromatic N) is 2. The normalized spacial score (nSPS) is 22.7. The highest BCUT2D eigenvalue weighted by Gasteiger charge is 2.29. The van der Waals surface area contributed by atoms with Crippen LogP contribution in [-0.4, -0.2) is 61.1 Å². The Kier molecular flexibility index (Phi) is 5.68. The van der Waals surface area contributed by atoms with E-state index >= 15 is 0 Å². The maximum absolute atomic E-state index is 14.0. The Hall–Kier alpha value is -1.66. The highest BCUT2D eigenvalue weighted by Crippen LogP contribution is 2.22. The lowest BCUT2D eigenvalue weighted by Crippen LogP contribution is -2.56. The molecule has 0 aromatic heterocycles. The minimum Gasteiger partial charge on any atom is -0.491 e. The van der Waals surface area contributed by atoms with Gasteiger partial charge in [-0.1, -0.05) is 6.07 Å². The molecule has 6 heteroatoms. The third kappa shape index (κ3) is 4.05. The second-order valence-electron chi connectivity index (χ2n) is 6.49. The summed E-state index contributed by atoms with van der Waals surface area (Å²) in [6, 6.07) is 5.47. The van der Waals surface area contributed by atoms with Gasteiger partial charge >= 0.3 is 0 Å². The molecule has 2 saturated heterocycles. The van der Waals surface area contributed by atoms with Gasteiger partial charge in [0.25, 0.3) is 0 Å². The predicted molar refractivity (Wildman–Crippen MR) is 90.5 cm³/mol. The number of hydrogen-bond acceptors (Lipinski definition) is 4. The van der Waals surface area contributed by atoms with E-state index in [9.17, 15) is 9.18 Å². The first-order valence-corrected chi connectivity index (χ1v) is 8.81. The van der Waals surface area contributed by atoms with Crippen molar-refractivity contribution in [1.82, 2.24) is 15.1 Å². The summed E-state index contributed by atoms with van der Waals surface area (Å²) in [5.41, 5.74) is 0.947. The summed E-state index contributed by atoms with van der Waals surface area (Å²) in [6.45, 7) is 6.97. The molecule has 1 unspecified atom stereocenters. The number of halogens is 1. The third-order valence-corrected chi connectivity index (χ3v) is 4.75. The first-order chi connectivity index (χ1) is 11.7. The molecule has 5 nitrogen and oxygen atoms in total. The fraction of sp³-hybridized carbons (Fsp3) is 0.611. The number of nitrogens with one attached hydrogen (secondary N) is 1. The van der Waals surface area contributed by atoms with Crippen LogP contribution in [0.1, 0.15) is 25.3 Å². The largest absolute Gasteiger partial charge is 0.491 e. The second kappa shape index (κ2) is 7.94. The lowest BCUT2D eigenvalue weighted by Gasteiger charge is -2.41. The average Bonchev–Trinajstić information content (AvgIpc) is 2.58. The molecule has 2 fully saturated rings. The van der Waals surface area contributed by atoms with Crippen molar-refractivity contribution in [2.24, 2.45) is 0 Å². The van der Waals surface area contributed by atoms with E-state index in [1.165, 1.54) is 0 Å². The van der Waals surface area contributed by atoms with Crippen LogP contribution in [0.5, 0.6) is 5.75 Å². The molecule has 0 radical (unpaired) electrons. The Labute approximate surface area is 142 Å². The molecule has 2 heterocycles. The van der Waals surface area contributed by atoms with E-state index in [-0.39, 0.29) is 17.8 Å².